The van der Waals surface area contributed by atoms with Crippen LogP contribution in [0.15, 0.2) is 33.1 Å². The first-order chi connectivity index (χ1) is 8.45. The molecular formula is C9H9BrN4O2S2. The van der Waals surface area contributed by atoms with E-state index < -0.39 is 10.0 Å². The van der Waals surface area contributed by atoms with E-state index in [1.165, 1.54) is 0 Å². The van der Waals surface area contributed by atoms with E-state index in [2.05, 4.69) is 31.4 Å². The number of nitrogens with two attached hydrogens (primary N) is 1. The number of aromatic nitrogens is 2. The first-order valence-electron chi connectivity index (χ1n) is 4.80. The van der Waals surface area contributed by atoms with E-state index in [1.54, 1.807) is 0 Å². The molecule has 1 aromatic carbocycles. The van der Waals surface area contributed by atoms with Crippen LogP contribution in [0, 0.1) is 0 Å². The molecule has 0 atom stereocenters. The van der Waals surface area contributed by atoms with E-state index in [9.17, 15) is 8.42 Å². The van der Waals surface area contributed by atoms with E-state index >= 15 is 0 Å². The predicted octanol–water partition coefficient (Wildman–Crippen LogP) is 1.56. The topological polar surface area (TPSA) is 98.0 Å². The summed E-state index contributed by atoms with van der Waals surface area (Å²) in [5.74, 6) is 0. The molecule has 0 saturated carbocycles. The van der Waals surface area contributed by atoms with Gasteiger partial charge in [-0.1, -0.05) is 39.4 Å². The lowest BCUT2D eigenvalue weighted by Crippen LogP contribution is -2.11. The number of nitrogens with one attached hydrogen (secondary N) is 1. The minimum atomic E-state index is -3.77. The van der Waals surface area contributed by atoms with E-state index in [0.717, 1.165) is 21.4 Å². The van der Waals surface area contributed by atoms with Gasteiger partial charge in [0.25, 0.3) is 10.0 Å². The third-order valence-corrected chi connectivity index (χ3v) is 4.73. The van der Waals surface area contributed by atoms with E-state index in [1.807, 2.05) is 24.3 Å². The Morgan fingerprint density at radius 3 is 2.50 bits per heavy atom. The molecule has 9 heteroatoms. The fourth-order valence-corrected chi connectivity index (χ4v) is 2.77. The monoisotopic (exact) mass is 348 g/mol. The van der Waals surface area contributed by atoms with Crippen LogP contribution in [0.5, 0.6) is 0 Å². The van der Waals surface area contributed by atoms with Crippen LogP contribution >= 0.6 is 27.3 Å². The fourth-order valence-electron chi connectivity index (χ4n) is 1.18. The molecule has 3 N–H and O–H groups in total. The molecule has 0 spiro atoms. The van der Waals surface area contributed by atoms with Gasteiger partial charge in [-0.15, -0.1) is 10.2 Å². The molecule has 96 valence electrons. The van der Waals surface area contributed by atoms with Gasteiger partial charge in [0.1, 0.15) is 0 Å². The molecular weight excluding hydrogens is 340 g/mol. The number of hydrogen-bond donors (Lipinski definition) is 2. The molecule has 0 bridgehead atoms. The van der Waals surface area contributed by atoms with Gasteiger partial charge in [0.2, 0.25) is 9.47 Å². The van der Waals surface area contributed by atoms with Crippen LogP contribution < -0.4 is 10.5 Å². The molecule has 0 unspecified atom stereocenters. The van der Waals surface area contributed by atoms with Crippen molar-refractivity contribution in [2.24, 2.45) is 5.14 Å². The van der Waals surface area contributed by atoms with Crippen LogP contribution in [0.2, 0.25) is 0 Å². The normalized spacial score (nSPS) is 11.4. The maximum absolute atomic E-state index is 11.0. The highest BCUT2D eigenvalue weighted by Gasteiger charge is 2.14. The second-order valence-corrected chi connectivity index (χ2v) is 7.03. The summed E-state index contributed by atoms with van der Waals surface area (Å²) in [5, 5.41) is 15.5. The fraction of sp³-hybridized carbons (Fsp3) is 0.111. The van der Waals surface area contributed by atoms with Gasteiger partial charge in [-0.3, -0.25) is 0 Å². The lowest BCUT2D eigenvalue weighted by atomic mass is 10.2. The van der Waals surface area contributed by atoms with Crippen LogP contribution in [-0.2, 0) is 16.6 Å². The van der Waals surface area contributed by atoms with Gasteiger partial charge in [-0.05, 0) is 17.7 Å². The number of rotatable bonds is 4. The highest BCUT2D eigenvalue weighted by molar-refractivity contribution is 9.10. The summed E-state index contributed by atoms with van der Waals surface area (Å²) in [6.07, 6.45) is 0. The summed E-state index contributed by atoms with van der Waals surface area (Å²) < 4.78 is 22.8. The quantitative estimate of drug-likeness (QED) is 0.873. The molecule has 2 aromatic rings. The summed E-state index contributed by atoms with van der Waals surface area (Å²) in [6.45, 7) is 0.534. The van der Waals surface area contributed by atoms with Crippen molar-refractivity contribution in [3.05, 3.63) is 34.3 Å². The SMILES string of the molecule is NS(=O)(=O)c1nnc(NCc2ccc(Br)cc2)s1. The Hall–Kier alpha value is -1.03. The maximum Gasteiger partial charge on any atom is 0.267 e. The van der Waals surface area contributed by atoms with Crippen molar-refractivity contribution in [1.29, 1.82) is 0 Å². The number of benzene rings is 1. The minimum Gasteiger partial charge on any atom is -0.356 e. The molecule has 0 radical (unpaired) electrons. The Morgan fingerprint density at radius 2 is 1.94 bits per heavy atom. The molecule has 1 heterocycles. The second-order valence-electron chi connectivity index (χ2n) is 3.40. The van der Waals surface area contributed by atoms with E-state index in [4.69, 9.17) is 5.14 Å². The smallest absolute Gasteiger partial charge is 0.267 e. The molecule has 6 nitrogen and oxygen atoms in total. The van der Waals surface area contributed by atoms with Gasteiger partial charge in [0.05, 0.1) is 0 Å². The number of sulfonamides is 1. The number of halogens is 1. The molecule has 0 amide bonds. The highest BCUT2D eigenvalue weighted by Crippen LogP contribution is 2.19. The van der Waals surface area contributed by atoms with Crippen LogP contribution in [0.1, 0.15) is 5.56 Å². The average Bonchev–Trinajstić information content (AvgIpc) is 2.77. The molecule has 18 heavy (non-hydrogen) atoms. The van der Waals surface area contributed by atoms with Gasteiger partial charge in [-0.25, -0.2) is 13.6 Å². The van der Waals surface area contributed by atoms with E-state index in [0.29, 0.717) is 11.7 Å². The zero-order valence-electron chi connectivity index (χ0n) is 9.00. The third kappa shape index (κ3) is 3.48. The number of anilines is 1. The zero-order chi connectivity index (χ0) is 13.2. The first kappa shape index (κ1) is 13.4. The molecule has 0 aliphatic rings. The molecule has 0 saturated heterocycles. The minimum absolute atomic E-state index is 0.194. The molecule has 0 aliphatic heterocycles. The van der Waals surface area contributed by atoms with Crippen molar-refractivity contribution in [1.82, 2.24) is 10.2 Å². The van der Waals surface area contributed by atoms with Crippen molar-refractivity contribution in [2.45, 2.75) is 10.9 Å². The van der Waals surface area contributed by atoms with E-state index in [-0.39, 0.29) is 4.34 Å². The van der Waals surface area contributed by atoms with Crippen molar-refractivity contribution in [3.8, 4) is 0 Å². The average molecular weight is 349 g/mol. The summed E-state index contributed by atoms with van der Waals surface area (Å²) in [5.41, 5.74) is 1.05. The van der Waals surface area contributed by atoms with Crippen LogP contribution in [-0.4, -0.2) is 18.6 Å². The van der Waals surface area contributed by atoms with Crippen molar-refractivity contribution >= 4 is 42.4 Å². The summed E-state index contributed by atoms with van der Waals surface area (Å²) >= 11 is 4.25. The summed E-state index contributed by atoms with van der Waals surface area (Å²) in [6, 6.07) is 7.73. The summed E-state index contributed by atoms with van der Waals surface area (Å²) in [4.78, 5) is 0. The standard InChI is InChI=1S/C9H9BrN4O2S2/c10-7-3-1-6(2-4-7)5-12-8-13-14-9(17-8)18(11,15)16/h1-4H,5H2,(H,12,13)(H2,11,15,16). The highest BCUT2D eigenvalue weighted by atomic mass is 79.9. The van der Waals surface area contributed by atoms with Gasteiger partial charge in [0, 0.05) is 11.0 Å². The van der Waals surface area contributed by atoms with Crippen LogP contribution in [0.25, 0.3) is 0 Å². The number of primary sulfonamides is 1. The third-order valence-electron chi connectivity index (χ3n) is 2.01. The van der Waals surface area contributed by atoms with Gasteiger partial charge >= 0.3 is 0 Å². The Bertz CT molecular complexity index is 639. The van der Waals surface area contributed by atoms with Gasteiger partial charge < -0.3 is 5.32 Å². The summed E-state index contributed by atoms with van der Waals surface area (Å²) in [7, 11) is -3.77. The van der Waals surface area contributed by atoms with Gasteiger partial charge in [-0.2, -0.15) is 0 Å². The van der Waals surface area contributed by atoms with Crippen LogP contribution in [0.4, 0.5) is 5.13 Å². The second kappa shape index (κ2) is 5.31. The molecule has 0 fully saturated rings. The Balaban J connectivity index is 2.03. The molecule has 1 aromatic heterocycles. The number of hydrogen-bond acceptors (Lipinski definition) is 6. The van der Waals surface area contributed by atoms with Gasteiger partial charge in [0.15, 0.2) is 0 Å². The Morgan fingerprint density at radius 1 is 1.28 bits per heavy atom. The maximum atomic E-state index is 11.0. The Labute approximate surface area is 116 Å². The number of nitrogens with zero attached hydrogens (tertiary/aromatic N) is 2. The molecule has 2 rings (SSSR count). The van der Waals surface area contributed by atoms with Crippen LogP contribution in [0.3, 0.4) is 0 Å². The van der Waals surface area contributed by atoms with Crippen molar-refractivity contribution < 1.29 is 8.42 Å². The lowest BCUT2D eigenvalue weighted by molar-refractivity contribution is 0.596. The van der Waals surface area contributed by atoms with Crippen molar-refractivity contribution in [2.75, 3.05) is 5.32 Å². The lowest BCUT2D eigenvalue weighted by Gasteiger charge is -2.01. The predicted molar refractivity (Wildman–Crippen MR) is 72.8 cm³/mol. The Kier molecular flexibility index (Phi) is 3.95. The first-order valence-corrected chi connectivity index (χ1v) is 7.95. The zero-order valence-corrected chi connectivity index (χ0v) is 12.2. The van der Waals surface area contributed by atoms with Crippen molar-refractivity contribution in [3.63, 3.8) is 0 Å². The largest absolute Gasteiger partial charge is 0.356 e. The molecule has 0 aliphatic carbocycles.